The van der Waals surface area contributed by atoms with E-state index in [1.54, 1.807) is 18.5 Å². The van der Waals surface area contributed by atoms with Crippen LogP contribution in [0.3, 0.4) is 0 Å². The fourth-order valence-corrected chi connectivity index (χ4v) is 2.15. The Morgan fingerprint density at radius 3 is 2.78 bits per heavy atom. The highest BCUT2D eigenvalue weighted by molar-refractivity contribution is 6.34. The Bertz CT molecular complexity index is 852. The number of rotatable bonds is 3. The van der Waals surface area contributed by atoms with Crippen molar-refractivity contribution in [2.24, 2.45) is 0 Å². The molecule has 0 aliphatic carbocycles. The van der Waals surface area contributed by atoms with E-state index in [0.717, 1.165) is 11.3 Å². The van der Waals surface area contributed by atoms with Gasteiger partial charge in [0.05, 0.1) is 5.39 Å². The quantitative estimate of drug-likeness (QED) is 0.635. The van der Waals surface area contributed by atoms with E-state index in [4.69, 9.17) is 21.5 Å². The fraction of sp³-hybridized carbons (Fsp3) is 0.0667. The smallest absolute Gasteiger partial charge is 0.290 e. The maximum absolute atomic E-state index is 11.6. The molecule has 2 aromatic heterocycles. The van der Waals surface area contributed by atoms with Crippen molar-refractivity contribution in [3.63, 3.8) is 0 Å². The second-order valence-electron chi connectivity index (χ2n) is 4.42. The number of carbonyl (C=O) groups is 1. The first-order valence-electron chi connectivity index (χ1n) is 6.54. The average Bonchev–Trinajstić information content (AvgIpc) is 2.58. The van der Waals surface area contributed by atoms with Crippen LogP contribution in [0.2, 0.25) is 5.15 Å². The SMILES string of the molecule is O=CO.O=c1[nH]nc(Cl)c2cc(NCc3cccnc3)ccc12. The van der Waals surface area contributed by atoms with Crippen LogP contribution in [0.1, 0.15) is 5.56 Å². The molecule has 0 fully saturated rings. The third-order valence-electron chi connectivity index (χ3n) is 2.96. The van der Waals surface area contributed by atoms with Crippen LogP contribution in [0.25, 0.3) is 10.8 Å². The van der Waals surface area contributed by atoms with E-state index in [2.05, 4.69) is 20.5 Å². The molecule has 23 heavy (non-hydrogen) atoms. The minimum atomic E-state index is -0.250. The molecule has 1 aromatic carbocycles. The summed E-state index contributed by atoms with van der Waals surface area (Å²) in [6, 6.07) is 9.26. The predicted molar refractivity (Wildman–Crippen MR) is 87.6 cm³/mol. The second-order valence-corrected chi connectivity index (χ2v) is 4.78. The van der Waals surface area contributed by atoms with Gasteiger partial charge in [-0.15, -0.1) is 0 Å². The first kappa shape index (κ1) is 16.4. The van der Waals surface area contributed by atoms with Gasteiger partial charge in [0.1, 0.15) is 0 Å². The van der Waals surface area contributed by atoms with Gasteiger partial charge in [0.15, 0.2) is 5.15 Å². The van der Waals surface area contributed by atoms with Crippen LogP contribution in [-0.2, 0) is 11.3 Å². The molecule has 0 amide bonds. The Morgan fingerprint density at radius 1 is 1.30 bits per heavy atom. The van der Waals surface area contributed by atoms with Crippen molar-refractivity contribution in [1.29, 1.82) is 0 Å². The average molecular weight is 333 g/mol. The van der Waals surface area contributed by atoms with Crippen LogP contribution in [-0.4, -0.2) is 26.8 Å². The zero-order chi connectivity index (χ0) is 16.7. The third kappa shape index (κ3) is 4.27. The number of fused-ring (bicyclic) bond motifs is 1. The van der Waals surface area contributed by atoms with Crippen molar-refractivity contribution in [3.8, 4) is 0 Å². The van der Waals surface area contributed by atoms with Crippen molar-refractivity contribution in [3.05, 3.63) is 63.8 Å². The van der Waals surface area contributed by atoms with E-state index in [-0.39, 0.29) is 17.2 Å². The maximum Gasteiger partial charge on any atom is 0.290 e. The van der Waals surface area contributed by atoms with Crippen LogP contribution in [0.4, 0.5) is 5.69 Å². The van der Waals surface area contributed by atoms with Gasteiger partial charge in [-0.2, -0.15) is 5.10 Å². The van der Waals surface area contributed by atoms with Crippen LogP contribution in [0.5, 0.6) is 0 Å². The topological polar surface area (TPSA) is 108 Å². The summed E-state index contributed by atoms with van der Waals surface area (Å²) < 4.78 is 0. The minimum Gasteiger partial charge on any atom is -0.483 e. The molecule has 3 rings (SSSR count). The lowest BCUT2D eigenvalue weighted by Gasteiger charge is -2.07. The Kier molecular flexibility index (Phi) is 5.65. The summed E-state index contributed by atoms with van der Waals surface area (Å²) in [6.45, 7) is 0.396. The number of halogens is 1. The summed E-state index contributed by atoms with van der Waals surface area (Å²) in [7, 11) is 0. The highest BCUT2D eigenvalue weighted by Crippen LogP contribution is 2.22. The first-order chi connectivity index (χ1) is 11.2. The normalized spacial score (nSPS) is 9.78. The van der Waals surface area contributed by atoms with Crippen molar-refractivity contribution in [2.75, 3.05) is 5.32 Å². The molecule has 0 saturated heterocycles. The van der Waals surface area contributed by atoms with Gasteiger partial charge < -0.3 is 10.4 Å². The van der Waals surface area contributed by atoms with Crippen LogP contribution >= 0.6 is 11.6 Å². The number of benzene rings is 1. The summed E-state index contributed by atoms with van der Waals surface area (Å²) in [5, 5.41) is 17.7. The van der Waals surface area contributed by atoms with Gasteiger partial charge in [-0.3, -0.25) is 14.6 Å². The summed E-state index contributed by atoms with van der Waals surface area (Å²) in [5.41, 5.74) is 1.70. The van der Waals surface area contributed by atoms with Gasteiger partial charge in [0, 0.05) is 30.0 Å². The number of H-pyrrole nitrogens is 1. The molecule has 0 bridgehead atoms. The Morgan fingerprint density at radius 2 is 2.09 bits per heavy atom. The molecular weight excluding hydrogens is 320 g/mol. The fourth-order valence-electron chi connectivity index (χ4n) is 1.95. The number of nitrogens with one attached hydrogen (secondary N) is 2. The van der Waals surface area contributed by atoms with E-state index < -0.39 is 0 Å². The highest BCUT2D eigenvalue weighted by Gasteiger charge is 2.05. The van der Waals surface area contributed by atoms with E-state index in [1.807, 2.05) is 24.3 Å². The summed E-state index contributed by atoms with van der Waals surface area (Å²) in [5.74, 6) is 0. The molecule has 0 atom stereocenters. The molecule has 0 radical (unpaired) electrons. The number of hydrogen-bond donors (Lipinski definition) is 3. The molecular formula is C15H13ClN4O3. The lowest BCUT2D eigenvalue weighted by Crippen LogP contribution is -2.08. The molecule has 0 unspecified atom stereocenters. The molecule has 2 heterocycles. The van der Waals surface area contributed by atoms with E-state index in [0.29, 0.717) is 17.3 Å². The minimum absolute atomic E-state index is 0.247. The van der Waals surface area contributed by atoms with Gasteiger partial charge in [-0.25, -0.2) is 5.10 Å². The van der Waals surface area contributed by atoms with Crippen molar-refractivity contribution >= 4 is 34.5 Å². The highest BCUT2D eigenvalue weighted by atomic mass is 35.5. The molecule has 0 spiro atoms. The Balaban J connectivity index is 0.000000595. The lowest BCUT2D eigenvalue weighted by atomic mass is 10.1. The van der Waals surface area contributed by atoms with Crippen LogP contribution in [0.15, 0.2) is 47.5 Å². The zero-order valence-corrected chi connectivity index (χ0v) is 12.6. The summed E-state index contributed by atoms with van der Waals surface area (Å²) in [6.07, 6.45) is 3.53. The number of anilines is 1. The van der Waals surface area contributed by atoms with Crippen molar-refractivity contribution in [1.82, 2.24) is 15.2 Å². The number of pyridine rings is 1. The Labute approximate surface area is 136 Å². The molecule has 3 N–H and O–H groups in total. The van der Waals surface area contributed by atoms with Gasteiger partial charge in [0.25, 0.3) is 12.0 Å². The predicted octanol–water partition coefficient (Wildman–Crippen LogP) is 2.28. The Hall–Kier alpha value is -2.93. The standard InChI is InChI=1S/C14H11ClN4O.CH2O2/c15-13-12-6-10(3-4-11(12)14(20)19-18-13)17-8-9-2-1-5-16-7-9;2-1-3/h1-7,17H,8H2,(H,19,20);1H,(H,2,3). The number of hydrogen-bond acceptors (Lipinski definition) is 5. The number of carboxylic acid groups (broad SMARTS) is 1. The van der Waals surface area contributed by atoms with Gasteiger partial charge >= 0.3 is 0 Å². The van der Waals surface area contributed by atoms with Gasteiger partial charge in [-0.1, -0.05) is 17.7 Å². The summed E-state index contributed by atoms with van der Waals surface area (Å²) in [4.78, 5) is 24.0. The van der Waals surface area contributed by atoms with Crippen LogP contribution in [0, 0.1) is 0 Å². The zero-order valence-electron chi connectivity index (χ0n) is 11.9. The molecule has 0 saturated carbocycles. The molecule has 118 valence electrons. The maximum atomic E-state index is 11.6. The van der Waals surface area contributed by atoms with E-state index >= 15 is 0 Å². The number of nitrogens with zero attached hydrogens (tertiary/aromatic N) is 2. The first-order valence-corrected chi connectivity index (χ1v) is 6.92. The van der Waals surface area contributed by atoms with Crippen molar-refractivity contribution in [2.45, 2.75) is 6.54 Å². The molecule has 3 aromatic rings. The number of aromatic nitrogens is 3. The third-order valence-corrected chi connectivity index (χ3v) is 3.25. The molecule has 0 aliphatic heterocycles. The second kappa shape index (κ2) is 7.90. The van der Waals surface area contributed by atoms with Gasteiger partial charge in [0.2, 0.25) is 0 Å². The monoisotopic (exact) mass is 332 g/mol. The van der Waals surface area contributed by atoms with E-state index in [9.17, 15) is 4.79 Å². The largest absolute Gasteiger partial charge is 0.483 e. The van der Waals surface area contributed by atoms with Crippen molar-refractivity contribution < 1.29 is 9.90 Å². The number of aromatic amines is 1. The molecule has 7 nitrogen and oxygen atoms in total. The summed E-state index contributed by atoms with van der Waals surface area (Å²) >= 11 is 6.00. The van der Waals surface area contributed by atoms with Gasteiger partial charge in [-0.05, 0) is 29.8 Å². The lowest BCUT2D eigenvalue weighted by molar-refractivity contribution is -0.122. The van der Waals surface area contributed by atoms with Crippen LogP contribution < -0.4 is 10.9 Å². The molecule has 8 heteroatoms. The molecule has 0 aliphatic rings. The van der Waals surface area contributed by atoms with E-state index in [1.165, 1.54) is 0 Å².